The summed E-state index contributed by atoms with van der Waals surface area (Å²) in [5.74, 6) is -0.00626. The number of carbonyl (C=O) groups is 1. The molecule has 2 heterocycles. The zero-order valence-electron chi connectivity index (χ0n) is 15.5. The second kappa shape index (κ2) is 8.23. The normalized spacial score (nSPS) is 10.9. The van der Waals surface area contributed by atoms with E-state index in [0.717, 1.165) is 21.7 Å². The van der Waals surface area contributed by atoms with E-state index < -0.39 is 0 Å². The van der Waals surface area contributed by atoms with Crippen LogP contribution in [0.3, 0.4) is 0 Å². The van der Waals surface area contributed by atoms with Crippen molar-refractivity contribution in [1.29, 1.82) is 0 Å². The lowest BCUT2D eigenvalue weighted by Crippen LogP contribution is -2.25. The summed E-state index contributed by atoms with van der Waals surface area (Å²) in [6.45, 7) is 0.549. The smallest absolute Gasteiger partial charge is 0.292 e. The molecule has 0 spiro atoms. The predicted octanol–water partition coefficient (Wildman–Crippen LogP) is 5.19. The SMILES string of the molecule is CN(Cc1cccs1)C(=O)c1cc(C(c2ccccc2)c2ccccc2)no1. The summed E-state index contributed by atoms with van der Waals surface area (Å²) in [5.41, 5.74) is 2.94. The van der Waals surface area contributed by atoms with Gasteiger partial charge in [0, 0.05) is 18.0 Å². The van der Waals surface area contributed by atoms with Gasteiger partial charge >= 0.3 is 0 Å². The highest BCUT2D eigenvalue weighted by Crippen LogP contribution is 2.31. The zero-order valence-corrected chi connectivity index (χ0v) is 16.3. The quantitative estimate of drug-likeness (QED) is 0.457. The third-order valence-electron chi connectivity index (χ3n) is 4.62. The van der Waals surface area contributed by atoms with Crippen molar-refractivity contribution in [3.05, 3.63) is 112 Å². The molecule has 4 rings (SSSR count). The van der Waals surface area contributed by atoms with E-state index >= 15 is 0 Å². The van der Waals surface area contributed by atoms with E-state index in [1.807, 2.05) is 53.9 Å². The standard InChI is InChI=1S/C23H20N2O2S/c1-25(16-19-13-8-14-28-19)23(26)21-15-20(24-27-21)22(17-9-4-2-5-10-17)18-11-6-3-7-12-18/h2-15,22H,16H2,1H3. The Balaban J connectivity index is 1.62. The molecule has 0 aliphatic carbocycles. The van der Waals surface area contributed by atoms with Gasteiger partial charge in [-0.3, -0.25) is 4.79 Å². The molecular weight excluding hydrogens is 368 g/mol. The summed E-state index contributed by atoms with van der Waals surface area (Å²) < 4.78 is 5.45. The molecule has 0 atom stereocenters. The topological polar surface area (TPSA) is 46.3 Å². The minimum Gasteiger partial charge on any atom is -0.351 e. The Labute approximate surface area is 168 Å². The summed E-state index contributed by atoms with van der Waals surface area (Å²) in [5, 5.41) is 6.25. The largest absolute Gasteiger partial charge is 0.351 e. The molecule has 2 aromatic heterocycles. The van der Waals surface area contributed by atoms with E-state index in [1.54, 1.807) is 29.4 Å². The number of hydrogen-bond acceptors (Lipinski definition) is 4. The molecule has 140 valence electrons. The van der Waals surface area contributed by atoms with Crippen molar-refractivity contribution < 1.29 is 9.32 Å². The first-order chi connectivity index (χ1) is 13.7. The van der Waals surface area contributed by atoms with Crippen LogP contribution in [0, 0.1) is 0 Å². The lowest BCUT2D eigenvalue weighted by Gasteiger charge is -2.15. The lowest BCUT2D eigenvalue weighted by atomic mass is 9.88. The van der Waals surface area contributed by atoms with Crippen LogP contribution < -0.4 is 0 Å². The molecule has 0 radical (unpaired) electrons. The first kappa shape index (κ1) is 18.2. The molecule has 4 nitrogen and oxygen atoms in total. The van der Waals surface area contributed by atoms with E-state index in [-0.39, 0.29) is 17.6 Å². The molecule has 0 aliphatic rings. The van der Waals surface area contributed by atoms with Crippen LogP contribution in [0.15, 0.2) is 88.8 Å². The van der Waals surface area contributed by atoms with E-state index in [1.165, 1.54) is 0 Å². The van der Waals surface area contributed by atoms with Crippen molar-refractivity contribution in [2.24, 2.45) is 0 Å². The van der Waals surface area contributed by atoms with Gasteiger partial charge in [0.25, 0.3) is 5.91 Å². The van der Waals surface area contributed by atoms with Crippen molar-refractivity contribution in [2.45, 2.75) is 12.5 Å². The van der Waals surface area contributed by atoms with Crippen LogP contribution in [-0.4, -0.2) is 23.0 Å². The second-order valence-corrected chi connectivity index (χ2v) is 7.64. The molecule has 0 unspecified atom stereocenters. The van der Waals surface area contributed by atoms with Crippen molar-refractivity contribution in [2.75, 3.05) is 7.05 Å². The molecular formula is C23H20N2O2S. The fourth-order valence-corrected chi connectivity index (χ4v) is 4.00. The van der Waals surface area contributed by atoms with Gasteiger partial charge in [-0.05, 0) is 22.6 Å². The minimum absolute atomic E-state index is 0.0877. The molecule has 0 bridgehead atoms. The Kier molecular flexibility index (Phi) is 5.35. The van der Waals surface area contributed by atoms with Crippen LogP contribution in [0.1, 0.15) is 38.2 Å². The maximum atomic E-state index is 12.8. The highest BCUT2D eigenvalue weighted by Gasteiger charge is 2.24. The number of hydrogen-bond donors (Lipinski definition) is 0. The monoisotopic (exact) mass is 388 g/mol. The van der Waals surface area contributed by atoms with Gasteiger partial charge in [-0.25, -0.2) is 0 Å². The van der Waals surface area contributed by atoms with Crippen LogP contribution in [0.5, 0.6) is 0 Å². The summed E-state index contributed by atoms with van der Waals surface area (Å²) in [7, 11) is 1.77. The van der Waals surface area contributed by atoms with Gasteiger partial charge < -0.3 is 9.42 Å². The van der Waals surface area contributed by atoms with Crippen LogP contribution in [0.25, 0.3) is 0 Å². The highest BCUT2D eigenvalue weighted by atomic mass is 32.1. The summed E-state index contributed by atoms with van der Waals surface area (Å²) in [6.07, 6.45) is 0. The lowest BCUT2D eigenvalue weighted by molar-refractivity contribution is 0.0745. The van der Waals surface area contributed by atoms with Gasteiger partial charge in [0.15, 0.2) is 0 Å². The van der Waals surface area contributed by atoms with Crippen LogP contribution >= 0.6 is 11.3 Å². The number of aromatic nitrogens is 1. The fourth-order valence-electron chi connectivity index (χ4n) is 3.25. The Bertz CT molecular complexity index is 987. The highest BCUT2D eigenvalue weighted by molar-refractivity contribution is 7.09. The van der Waals surface area contributed by atoms with Gasteiger partial charge in [0.05, 0.1) is 18.2 Å². The molecule has 1 amide bonds. The Morgan fingerprint density at radius 1 is 1.00 bits per heavy atom. The second-order valence-electron chi connectivity index (χ2n) is 6.61. The molecule has 0 fully saturated rings. The zero-order chi connectivity index (χ0) is 19.3. The first-order valence-corrected chi connectivity index (χ1v) is 9.94. The molecule has 28 heavy (non-hydrogen) atoms. The molecule has 2 aromatic carbocycles. The molecule has 5 heteroatoms. The summed E-state index contributed by atoms with van der Waals surface area (Å²) >= 11 is 1.63. The van der Waals surface area contributed by atoms with Crippen LogP contribution in [-0.2, 0) is 6.54 Å². The number of rotatable bonds is 6. The fraction of sp³-hybridized carbons (Fsp3) is 0.130. The number of thiophene rings is 1. The van der Waals surface area contributed by atoms with Crippen molar-refractivity contribution in [1.82, 2.24) is 10.1 Å². The van der Waals surface area contributed by atoms with Crippen molar-refractivity contribution in [3.63, 3.8) is 0 Å². The van der Waals surface area contributed by atoms with Gasteiger partial charge in [-0.15, -0.1) is 11.3 Å². The summed E-state index contributed by atoms with van der Waals surface area (Å²) in [4.78, 5) is 15.6. The van der Waals surface area contributed by atoms with E-state index in [4.69, 9.17) is 4.52 Å². The maximum Gasteiger partial charge on any atom is 0.292 e. The molecule has 0 saturated carbocycles. The minimum atomic E-state index is -0.174. The number of benzene rings is 2. The van der Waals surface area contributed by atoms with Crippen molar-refractivity contribution in [3.8, 4) is 0 Å². The van der Waals surface area contributed by atoms with Gasteiger partial charge in [0.1, 0.15) is 0 Å². The number of amides is 1. The third kappa shape index (κ3) is 3.89. The van der Waals surface area contributed by atoms with Crippen molar-refractivity contribution >= 4 is 17.2 Å². The molecule has 0 N–H and O–H groups in total. The van der Waals surface area contributed by atoms with Crippen LogP contribution in [0.2, 0.25) is 0 Å². The Morgan fingerprint density at radius 2 is 1.64 bits per heavy atom. The Hall–Kier alpha value is -3.18. The molecule has 0 aliphatic heterocycles. The summed E-state index contributed by atoms with van der Waals surface area (Å²) in [6, 6.07) is 26.0. The maximum absolute atomic E-state index is 12.8. The predicted molar refractivity (Wildman–Crippen MR) is 110 cm³/mol. The van der Waals surface area contributed by atoms with Crippen LogP contribution in [0.4, 0.5) is 0 Å². The van der Waals surface area contributed by atoms with Gasteiger partial charge in [0.2, 0.25) is 5.76 Å². The number of nitrogens with zero attached hydrogens (tertiary/aromatic N) is 2. The average molecular weight is 388 g/mol. The first-order valence-electron chi connectivity index (χ1n) is 9.06. The Morgan fingerprint density at radius 3 is 2.21 bits per heavy atom. The molecule has 0 saturated heterocycles. The van der Waals surface area contributed by atoms with E-state index in [2.05, 4.69) is 29.4 Å². The molecule has 4 aromatic rings. The van der Waals surface area contributed by atoms with E-state index in [0.29, 0.717) is 6.54 Å². The number of carbonyl (C=O) groups excluding carboxylic acids is 1. The average Bonchev–Trinajstić information content (AvgIpc) is 3.42. The van der Waals surface area contributed by atoms with Gasteiger partial charge in [-0.2, -0.15) is 0 Å². The third-order valence-corrected chi connectivity index (χ3v) is 5.48. The van der Waals surface area contributed by atoms with E-state index in [9.17, 15) is 4.79 Å². The van der Waals surface area contributed by atoms with Gasteiger partial charge in [-0.1, -0.05) is 71.9 Å².